The maximum atomic E-state index is 14.1. The maximum Gasteiger partial charge on any atom is 0.123 e. The predicted octanol–water partition coefficient (Wildman–Crippen LogP) is 4.99. The Labute approximate surface area is 164 Å². The molecule has 0 aliphatic heterocycles. The van der Waals surface area contributed by atoms with Gasteiger partial charge in [0.05, 0.1) is 0 Å². The van der Waals surface area contributed by atoms with Crippen LogP contribution in [0.5, 0.6) is 0 Å². The van der Waals surface area contributed by atoms with Crippen LogP contribution in [0.1, 0.15) is 34.6 Å². The fourth-order valence-corrected chi connectivity index (χ4v) is 6.43. The average molecular weight is 386 g/mol. The summed E-state index contributed by atoms with van der Waals surface area (Å²) in [6.45, 7) is 7.82. The van der Waals surface area contributed by atoms with Crippen molar-refractivity contribution in [3.63, 3.8) is 0 Å². The minimum absolute atomic E-state index is 0.221. The number of aliphatic hydroxyl groups is 1. The fraction of sp³-hybridized carbons (Fsp3) is 0.478. The van der Waals surface area contributed by atoms with Crippen LogP contribution in [-0.4, -0.2) is 38.7 Å². The molecule has 1 aliphatic rings. The molecule has 0 amide bonds. The van der Waals surface area contributed by atoms with Crippen LogP contribution in [0.2, 0.25) is 25.7 Å². The summed E-state index contributed by atoms with van der Waals surface area (Å²) in [6, 6.07) is 14.0. The molecule has 2 atom stereocenters. The summed E-state index contributed by atoms with van der Waals surface area (Å²) in [5.74, 6) is 0.0567. The number of rotatable bonds is 5. The molecule has 0 spiro atoms. The van der Waals surface area contributed by atoms with E-state index in [0.29, 0.717) is 0 Å². The van der Waals surface area contributed by atoms with Gasteiger partial charge < -0.3 is 10.0 Å². The van der Waals surface area contributed by atoms with Crippen LogP contribution < -0.4 is 0 Å². The van der Waals surface area contributed by atoms with Crippen LogP contribution in [0.25, 0.3) is 0 Å². The van der Waals surface area contributed by atoms with E-state index >= 15 is 0 Å². The topological polar surface area (TPSA) is 23.5 Å². The molecule has 2 aromatic rings. The second kappa shape index (κ2) is 7.49. The maximum absolute atomic E-state index is 14.1. The second-order valence-corrected chi connectivity index (χ2v) is 15.0. The van der Waals surface area contributed by atoms with Crippen molar-refractivity contribution in [1.29, 1.82) is 0 Å². The summed E-state index contributed by atoms with van der Waals surface area (Å²) in [6.07, 6.45) is 1.76. The molecule has 0 saturated heterocycles. The van der Waals surface area contributed by atoms with Crippen molar-refractivity contribution >= 4 is 8.07 Å². The van der Waals surface area contributed by atoms with E-state index in [1.807, 2.05) is 12.1 Å². The van der Waals surface area contributed by atoms with Crippen LogP contribution in [-0.2, 0) is 12.0 Å². The molecule has 2 aromatic carbocycles. The summed E-state index contributed by atoms with van der Waals surface area (Å²) < 4.78 is 14.1. The van der Waals surface area contributed by atoms with E-state index < -0.39 is 13.7 Å². The van der Waals surface area contributed by atoms with Crippen LogP contribution in [0.4, 0.5) is 4.39 Å². The van der Waals surface area contributed by atoms with Crippen LogP contribution in [0, 0.1) is 5.82 Å². The Morgan fingerprint density at radius 1 is 1.11 bits per heavy atom. The van der Waals surface area contributed by atoms with Gasteiger partial charge in [0.15, 0.2) is 0 Å². The largest absolute Gasteiger partial charge is 0.381 e. The molecule has 0 saturated carbocycles. The Morgan fingerprint density at radius 2 is 1.81 bits per heavy atom. The molecule has 2 nitrogen and oxygen atoms in total. The van der Waals surface area contributed by atoms with Gasteiger partial charge in [-0.05, 0) is 79.8 Å². The first-order chi connectivity index (χ1) is 12.6. The fourth-order valence-electron chi connectivity index (χ4n) is 4.51. The SMILES string of the molecule is CN(C)CCC1Cc2cc(F)ccc2C(O)(C[Si](C)(C)C)c2ccccc21. The lowest BCUT2D eigenvalue weighted by Crippen LogP contribution is -2.37. The Balaban J connectivity index is 2.21. The molecule has 4 heteroatoms. The first-order valence-corrected chi connectivity index (χ1v) is 13.6. The van der Waals surface area contributed by atoms with Crippen molar-refractivity contribution in [2.45, 2.75) is 50.0 Å². The molecule has 27 heavy (non-hydrogen) atoms. The lowest BCUT2D eigenvalue weighted by atomic mass is 9.83. The van der Waals surface area contributed by atoms with Crippen molar-refractivity contribution in [2.24, 2.45) is 0 Å². The molecule has 0 bridgehead atoms. The van der Waals surface area contributed by atoms with Crippen molar-refractivity contribution < 1.29 is 9.50 Å². The van der Waals surface area contributed by atoms with Gasteiger partial charge >= 0.3 is 0 Å². The monoisotopic (exact) mass is 385 g/mol. The van der Waals surface area contributed by atoms with E-state index in [9.17, 15) is 9.50 Å². The smallest absolute Gasteiger partial charge is 0.123 e. The molecule has 2 unspecified atom stereocenters. The van der Waals surface area contributed by atoms with Crippen LogP contribution >= 0.6 is 0 Å². The quantitative estimate of drug-likeness (QED) is 0.733. The van der Waals surface area contributed by atoms with Crippen LogP contribution in [0.15, 0.2) is 42.5 Å². The molecular formula is C23H32FNOSi. The number of nitrogens with zero attached hydrogens (tertiary/aromatic N) is 1. The highest BCUT2D eigenvalue weighted by molar-refractivity contribution is 6.76. The summed E-state index contributed by atoms with van der Waals surface area (Å²) in [4.78, 5) is 2.19. The van der Waals surface area contributed by atoms with Crippen molar-refractivity contribution in [3.8, 4) is 0 Å². The molecule has 1 aliphatic carbocycles. The zero-order valence-electron chi connectivity index (χ0n) is 17.2. The molecule has 0 radical (unpaired) electrons. The molecule has 146 valence electrons. The van der Waals surface area contributed by atoms with E-state index in [4.69, 9.17) is 0 Å². The second-order valence-electron chi connectivity index (χ2n) is 9.48. The number of hydrogen-bond acceptors (Lipinski definition) is 2. The highest BCUT2D eigenvalue weighted by atomic mass is 28.3. The van der Waals surface area contributed by atoms with Crippen molar-refractivity contribution in [1.82, 2.24) is 4.90 Å². The number of fused-ring (bicyclic) bond motifs is 2. The minimum Gasteiger partial charge on any atom is -0.381 e. The molecule has 0 fully saturated rings. The van der Waals surface area contributed by atoms with Gasteiger partial charge in [-0.25, -0.2) is 4.39 Å². The highest BCUT2D eigenvalue weighted by Gasteiger charge is 2.42. The van der Waals surface area contributed by atoms with Gasteiger partial charge in [-0.1, -0.05) is 50.0 Å². The third-order valence-corrected chi connectivity index (χ3v) is 7.11. The molecule has 3 rings (SSSR count). The third kappa shape index (κ3) is 4.34. The standard InChI is InChI=1S/C23H32FNOSi/c1-25(2)13-12-17-14-18-15-19(24)10-11-21(18)23(26,16-27(3,4)5)22-9-7-6-8-20(17)22/h6-11,15,17,26H,12-14,16H2,1-5H3. The summed E-state index contributed by atoms with van der Waals surface area (Å²) in [7, 11) is 2.56. The Bertz CT molecular complexity index is 814. The Morgan fingerprint density at radius 3 is 2.48 bits per heavy atom. The van der Waals surface area contributed by atoms with Gasteiger partial charge in [-0.3, -0.25) is 0 Å². The van der Waals surface area contributed by atoms with E-state index in [0.717, 1.165) is 42.1 Å². The predicted molar refractivity (Wildman–Crippen MR) is 114 cm³/mol. The van der Waals surface area contributed by atoms with Crippen molar-refractivity contribution in [3.05, 3.63) is 70.5 Å². The molecule has 1 N–H and O–H groups in total. The average Bonchev–Trinajstić information content (AvgIpc) is 2.65. The van der Waals surface area contributed by atoms with E-state index in [1.165, 1.54) is 11.6 Å². The Kier molecular flexibility index (Phi) is 5.62. The normalized spacial score (nSPS) is 22.3. The number of halogens is 1. The molecule has 0 heterocycles. The van der Waals surface area contributed by atoms with Gasteiger partial charge in [-0.2, -0.15) is 0 Å². The van der Waals surface area contributed by atoms with E-state index in [2.05, 4.69) is 56.8 Å². The van der Waals surface area contributed by atoms with Gasteiger partial charge in [0.1, 0.15) is 11.4 Å². The Hall–Kier alpha value is -1.49. The van der Waals surface area contributed by atoms with E-state index in [-0.39, 0.29) is 11.7 Å². The zero-order valence-corrected chi connectivity index (χ0v) is 18.2. The number of benzene rings is 2. The highest BCUT2D eigenvalue weighted by Crippen LogP contribution is 2.46. The first-order valence-electron chi connectivity index (χ1n) is 9.85. The van der Waals surface area contributed by atoms with Gasteiger partial charge in [0.2, 0.25) is 0 Å². The van der Waals surface area contributed by atoms with Gasteiger partial charge in [-0.15, -0.1) is 0 Å². The van der Waals surface area contributed by atoms with Gasteiger partial charge in [0.25, 0.3) is 0 Å². The third-order valence-electron chi connectivity index (χ3n) is 5.54. The van der Waals surface area contributed by atoms with Crippen molar-refractivity contribution in [2.75, 3.05) is 20.6 Å². The molecule has 0 aromatic heterocycles. The summed E-state index contributed by atoms with van der Waals surface area (Å²) >= 11 is 0. The summed E-state index contributed by atoms with van der Waals surface area (Å²) in [5.41, 5.74) is 3.04. The minimum atomic E-state index is -1.60. The van der Waals surface area contributed by atoms with Gasteiger partial charge in [0, 0.05) is 8.07 Å². The zero-order chi connectivity index (χ0) is 19.8. The molecular weight excluding hydrogens is 353 g/mol. The lowest BCUT2D eigenvalue weighted by Gasteiger charge is -2.36. The van der Waals surface area contributed by atoms with E-state index in [1.54, 1.807) is 6.07 Å². The van der Waals surface area contributed by atoms with Crippen LogP contribution in [0.3, 0.4) is 0 Å². The first kappa shape index (κ1) is 20.2. The number of hydrogen-bond donors (Lipinski definition) is 1. The summed E-state index contributed by atoms with van der Waals surface area (Å²) in [5, 5.41) is 12.1. The lowest BCUT2D eigenvalue weighted by molar-refractivity contribution is 0.0996.